The highest BCUT2D eigenvalue weighted by Gasteiger charge is 2.61. The second kappa shape index (κ2) is 12.2. The van der Waals surface area contributed by atoms with Crippen molar-refractivity contribution in [3.05, 3.63) is 47.5 Å². The molecule has 5 rings (SSSR count). The molecule has 240 valence electrons. The molecule has 10 atom stereocenters. The van der Waals surface area contributed by atoms with E-state index < -0.39 is 40.8 Å². The van der Waals surface area contributed by atoms with Gasteiger partial charge in [-0.3, -0.25) is 0 Å². The van der Waals surface area contributed by atoms with E-state index in [1.165, 1.54) is 13.0 Å². The number of carbonyl (C=O) groups excluding carboxylic acids is 1. The summed E-state index contributed by atoms with van der Waals surface area (Å²) in [5.41, 5.74) is -1.38. The molecule has 43 heavy (non-hydrogen) atoms. The van der Waals surface area contributed by atoms with Crippen LogP contribution in [0, 0.1) is 5.92 Å². The molecule has 0 saturated carbocycles. The van der Waals surface area contributed by atoms with Crippen LogP contribution in [0.15, 0.2) is 42.0 Å². The number of aliphatic hydroxyl groups excluding tert-OH is 1. The number of aliphatic hydroxyl groups is 2. The fraction of sp³-hybridized carbons (Fsp3) is 0.735. The maximum absolute atomic E-state index is 12.3. The van der Waals surface area contributed by atoms with E-state index in [0.717, 1.165) is 31.2 Å². The fourth-order valence-electron chi connectivity index (χ4n) is 6.81. The Morgan fingerprint density at radius 3 is 2.53 bits per heavy atom. The highest BCUT2D eigenvalue weighted by molar-refractivity contribution is 5.83. The first-order valence-electron chi connectivity index (χ1n) is 15.7. The van der Waals surface area contributed by atoms with Crippen LogP contribution in [0.3, 0.4) is 0 Å². The van der Waals surface area contributed by atoms with Crippen molar-refractivity contribution >= 4 is 5.97 Å². The lowest BCUT2D eigenvalue weighted by Crippen LogP contribution is -2.60. The molecule has 4 fully saturated rings. The minimum Gasteiger partial charge on any atom is -0.457 e. The third-order valence-electron chi connectivity index (χ3n) is 9.63. The number of hydrogen-bond donors (Lipinski definition) is 2. The summed E-state index contributed by atoms with van der Waals surface area (Å²) >= 11 is 0. The van der Waals surface area contributed by atoms with Gasteiger partial charge in [0.15, 0.2) is 5.79 Å². The van der Waals surface area contributed by atoms with E-state index in [0.29, 0.717) is 25.2 Å². The number of carbonyl (C=O) groups is 1. The van der Waals surface area contributed by atoms with E-state index in [1.54, 1.807) is 27.7 Å². The summed E-state index contributed by atoms with van der Waals surface area (Å²) in [5.74, 6) is -0.959. The summed E-state index contributed by atoms with van der Waals surface area (Å²) in [4.78, 5) is 12.3. The quantitative estimate of drug-likeness (QED) is 0.238. The fourth-order valence-corrected chi connectivity index (χ4v) is 6.81. The number of esters is 1. The van der Waals surface area contributed by atoms with Crippen LogP contribution >= 0.6 is 0 Å². The van der Waals surface area contributed by atoms with Crippen LogP contribution in [-0.2, 0) is 39.8 Å². The van der Waals surface area contributed by atoms with Gasteiger partial charge < -0.3 is 38.6 Å². The van der Waals surface area contributed by atoms with Crippen molar-refractivity contribution in [2.75, 3.05) is 6.61 Å². The number of benzene rings is 1. The van der Waals surface area contributed by atoms with Crippen molar-refractivity contribution in [1.82, 2.24) is 0 Å². The molecule has 0 bridgehead atoms. The normalized spacial score (nSPS) is 38.3. The van der Waals surface area contributed by atoms with Crippen molar-refractivity contribution in [3.63, 3.8) is 0 Å². The van der Waals surface area contributed by atoms with Crippen molar-refractivity contribution in [2.24, 2.45) is 5.92 Å². The summed E-state index contributed by atoms with van der Waals surface area (Å²) in [6.45, 7) is 13.8. The number of ether oxygens (including phenoxy) is 6. The predicted octanol–water partition coefficient (Wildman–Crippen LogP) is 4.61. The number of fused-ring (bicyclic) bond motifs is 1. The monoisotopic (exact) mass is 602 g/mol. The van der Waals surface area contributed by atoms with Gasteiger partial charge in [-0.15, -0.1) is 0 Å². The zero-order valence-corrected chi connectivity index (χ0v) is 26.7. The summed E-state index contributed by atoms with van der Waals surface area (Å²) < 4.78 is 37.2. The minimum absolute atomic E-state index is 0.0111. The van der Waals surface area contributed by atoms with Crippen LogP contribution < -0.4 is 0 Å². The molecular weight excluding hydrogens is 552 g/mol. The third-order valence-corrected chi connectivity index (χ3v) is 9.63. The molecule has 4 aliphatic rings. The second-order valence-corrected chi connectivity index (χ2v) is 14.4. The SMILES string of the molecule is C/C(=C\C(=O)OC(C)(C)C)[C@@](C)(O)[C@H](O)[C@H]1O[C@@H]1[C@@H]1CC[C@H]2O[C@@]3(CC[C@]2(C)O1)O[C@@H](COCc1ccccc1)C[C@@H]3C. The molecule has 1 aromatic carbocycles. The molecule has 0 radical (unpaired) electrons. The van der Waals surface area contributed by atoms with Crippen molar-refractivity contribution < 1.29 is 43.4 Å². The Hall–Kier alpha value is -1.85. The molecule has 1 spiro atoms. The molecule has 1 aromatic rings. The van der Waals surface area contributed by atoms with Gasteiger partial charge in [0.2, 0.25) is 0 Å². The maximum Gasteiger partial charge on any atom is 0.331 e. The van der Waals surface area contributed by atoms with Crippen LogP contribution in [0.5, 0.6) is 0 Å². The van der Waals surface area contributed by atoms with E-state index in [9.17, 15) is 15.0 Å². The molecule has 4 aliphatic heterocycles. The molecule has 9 nitrogen and oxygen atoms in total. The molecule has 0 aliphatic carbocycles. The molecule has 4 heterocycles. The average molecular weight is 603 g/mol. The summed E-state index contributed by atoms with van der Waals surface area (Å²) in [6.07, 6.45) is 2.57. The van der Waals surface area contributed by atoms with Crippen molar-refractivity contribution in [1.29, 1.82) is 0 Å². The Labute approximate surface area is 255 Å². The first-order valence-corrected chi connectivity index (χ1v) is 15.7. The molecule has 0 unspecified atom stereocenters. The van der Waals surface area contributed by atoms with Gasteiger partial charge in [0.25, 0.3) is 0 Å². The Kier molecular flexibility index (Phi) is 9.20. The largest absolute Gasteiger partial charge is 0.457 e. The number of rotatable bonds is 9. The second-order valence-electron chi connectivity index (χ2n) is 14.4. The third kappa shape index (κ3) is 7.19. The lowest BCUT2D eigenvalue weighted by molar-refractivity contribution is -0.345. The summed E-state index contributed by atoms with van der Waals surface area (Å²) in [6, 6.07) is 10.1. The lowest BCUT2D eigenvalue weighted by Gasteiger charge is -2.53. The number of epoxide rings is 1. The zero-order valence-electron chi connectivity index (χ0n) is 26.7. The van der Waals surface area contributed by atoms with Gasteiger partial charge in [0.1, 0.15) is 29.5 Å². The predicted molar refractivity (Wildman–Crippen MR) is 159 cm³/mol. The molecule has 9 heteroatoms. The smallest absolute Gasteiger partial charge is 0.331 e. The van der Waals surface area contributed by atoms with Crippen LogP contribution in [0.2, 0.25) is 0 Å². The Morgan fingerprint density at radius 2 is 1.84 bits per heavy atom. The van der Waals surface area contributed by atoms with Gasteiger partial charge in [-0.1, -0.05) is 37.3 Å². The van der Waals surface area contributed by atoms with Gasteiger partial charge >= 0.3 is 5.97 Å². The Morgan fingerprint density at radius 1 is 1.12 bits per heavy atom. The Bertz CT molecular complexity index is 1160. The van der Waals surface area contributed by atoms with Crippen LogP contribution in [-0.4, -0.2) is 82.0 Å². The zero-order chi connectivity index (χ0) is 31.2. The topological polar surface area (TPSA) is 116 Å². The average Bonchev–Trinajstić information content (AvgIpc) is 3.66. The lowest BCUT2D eigenvalue weighted by atomic mass is 9.78. The summed E-state index contributed by atoms with van der Waals surface area (Å²) in [5, 5.41) is 22.2. The van der Waals surface area contributed by atoms with Gasteiger partial charge in [-0.05, 0) is 78.4 Å². The maximum atomic E-state index is 12.3. The van der Waals surface area contributed by atoms with Crippen LogP contribution in [0.25, 0.3) is 0 Å². The first kappa shape index (κ1) is 32.5. The van der Waals surface area contributed by atoms with Crippen LogP contribution in [0.4, 0.5) is 0 Å². The highest BCUT2D eigenvalue weighted by atomic mass is 16.7. The van der Waals surface area contributed by atoms with E-state index in [-0.39, 0.29) is 30.3 Å². The van der Waals surface area contributed by atoms with Gasteiger partial charge in [-0.2, -0.15) is 0 Å². The number of hydrogen-bond acceptors (Lipinski definition) is 9. The van der Waals surface area contributed by atoms with Gasteiger partial charge in [0, 0.05) is 18.4 Å². The van der Waals surface area contributed by atoms with E-state index >= 15 is 0 Å². The molecular formula is C34H50O9. The van der Waals surface area contributed by atoms with Gasteiger partial charge in [-0.25, -0.2) is 4.79 Å². The molecule has 0 amide bonds. The summed E-state index contributed by atoms with van der Waals surface area (Å²) in [7, 11) is 0. The standard InChI is InChI=1S/C34H50O9/c1-21(18-27(35)43-31(3,4)5)33(7,37)30(36)29-28(39-29)25-13-14-26-32(6,41-25)15-16-34(42-26)22(2)17-24(40-34)20-38-19-23-11-9-8-10-12-23/h8-12,18,22,24-26,28-30,36-37H,13-17,19-20H2,1-7H3/b21-18+/t22-,24+,25-,26+,28+,29-,30+,32-,33+,34+/m0/s1. The highest BCUT2D eigenvalue weighted by Crippen LogP contribution is 2.52. The van der Waals surface area contributed by atoms with Gasteiger partial charge in [0.05, 0.1) is 37.1 Å². The van der Waals surface area contributed by atoms with Crippen LogP contribution in [0.1, 0.15) is 86.1 Å². The first-order chi connectivity index (χ1) is 20.1. The minimum atomic E-state index is -1.67. The van der Waals surface area contributed by atoms with E-state index in [2.05, 4.69) is 26.0 Å². The molecule has 4 saturated heterocycles. The van der Waals surface area contributed by atoms with E-state index in [1.807, 2.05) is 18.2 Å². The van der Waals surface area contributed by atoms with E-state index in [4.69, 9.17) is 28.4 Å². The van der Waals surface area contributed by atoms with Crippen molar-refractivity contribution in [2.45, 2.75) is 146 Å². The Balaban J connectivity index is 1.13. The molecule has 0 aromatic heterocycles. The molecule has 2 N–H and O–H groups in total. The van der Waals surface area contributed by atoms with Crippen molar-refractivity contribution in [3.8, 4) is 0 Å².